The zero-order valence-electron chi connectivity index (χ0n) is 31.7. The van der Waals surface area contributed by atoms with Crippen LogP contribution in [0.15, 0.2) is 229 Å². The number of rotatable bonds is 7. The summed E-state index contributed by atoms with van der Waals surface area (Å²) >= 11 is 0. The molecule has 0 N–H and O–H groups in total. The Hall–Kier alpha value is -7.68. The molecule has 0 radical (unpaired) electrons. The highest BCUT2D eigenvalue weighted by Crippen LogP contribution is 2.44. The van der Waals surface area contributed by atoms with Gasteiger partial charge in [-0.2, -0.15) is 0 Å². The third-order valence-electron chi connectivity index (χ3n) is 11.5. The van der Waals surface area contributed by atoms with Gasteiger partial charge in [0.05, 0.1) is 11.1 Å². The van der Waals surface area contributed by atoms with Gasteiger partial charge in [-0.1, -0.05) is 176 Å². The minimum atomic E-state index is 0.868. The molecule has 1 heterocycles. The standard InChI is InChI=1S/C56H37NO/c1-3-13-39(14-4-1)47-21-11-19-44-37-43(31-36-48(44)47)38-27-32-45(33-28-38)57(52-24-12-26-54-56(52)51-20-7-8-25-53(51)58-54)46-34-29-41(30-35-46)50-23-10-18-42-17-9-22-49(55(42)50)40-15-5-2-6-16-40/h1-37H. The first kappa shape index (κ1) is 33.6. The van der Waals surface area contributed by atoms with Gasteiger partial charge in [0, 0.05) is 16.8 Å². The van der Waals surface area contributed by atoms with Gasteiger partial charge in [-0.05, 0) is 115 Å². The maximum absolute atomic E-state index is 6.40. The molecule has 0 bridgehead atoms. The van der Waals surface area contributed by atoms with E-state index in [0.717, 1.165) is 39.0 Å². The fourth-order valence-electron chi connectivity index (χ4n) is 8.74. The number of anilines is 3. The molecule has 0 aliphatic rings. The highest BCUT2D eigenvalue weighted by atomic mass is 16.3. The summed E-state index contributed by atoms with van der Waals surface area (Å²) < 4.78 is 6.40. The summed E-state index contributed by atoms with van der Waals surface area (Å²) in [7, 11) is 0. The van der Waals surface area contributed by atoms with Crippen molar-refractivity contribution < 1.29 is 4.42 Å². The summed E-state index contributed by atoms with van der Waals surface area (Å²) in [5.74, 6) is 0. The molecule has 0 atom stereocenters. The molecule has 0 fully saturated rings. The molecule has 0 unspecified atom stereocenters. The normalized spacial score (nSPS) is 11.4. The quantitative estimate of drug-likeness (QED) is 0.162. The van der Waals surface area contributed by atoms with E-state index in [0.29, 0.717) is 0 Å². The molecule has 10 aromatic carbocycles. The van der Waals surface area contributed by atoms with E-state index in [9.17, 15) is 0 Å². The van der Waals surface area contributed by atoms with Gasteiger partial charge in [-0.25, -0.2) is 0 Å². The van der Waals surface area contributed by atoms with Crippen LogP contribution in [0.4, 0.5) is 17.1 Å². The van der Waals surface area contributed by atoms with Crippen molar-refractivity contribution in [1.82, 2.24) is 0 Å². The van der Waals surface area contributed by atoms with E-state index < -0.39 is 0 Å². The number of furan rings is 1. The molecule has 0 amide bonds. The van der Waals surface area contributed by atoms with E-state index >= 15 is 0 Å². The average molecular weight is 740 g/mol. The van der Waals surface area contributed by atoms with Crippen LogP contribution in [0.25, 0.3) is 88.0 Å². The van der Waals surface area contributed by atoms with Crippen LogP contribution in [0.2, 0.25) is 0 Å². The summed E-state index contributed by atoms with van der Waals surface area (Å²) in [5, 5.41) is 7.16. The van der Waals surface area contributed by atoms with Gasteiger partial charge in [-0.15, -0.1) is 0 Å². The monoisotopic (exact) mass is 739 g/mol. The number of nitrogens with zero attached hydrogens (tertiary/aromatic N) is 1. The number of hydrogen-bond acceptors (Lipinski definition) is 2. The van der Waals surface area contributed by atoms with Gasteiger partial charge >= 0.3 is 0 Å². The molecular weight excluding hydrogens is 703 g/mol. The predicted octanol–water partition coefficient (Wildman–Crippen LogP) is 16.0. The maximum Gasteiger partial charge on any atom is 0.137 e. The Bertz CT molecular complexity index is 3250. The van der Waals surface area contributed by atoms with Crippen molar-refractivity contribution in [3.8, 4) is 44.5 Å². The van der Waals surface area contributed by atoms with Crippen LogP contribution >= 0.6 is 0 Å². The lowest BCUT2D eigenvalue weighted by molar-refractivity contribution is 0.669. The second kappa shape index (κ2) is 14.1. The number of hydrogen-bond donors (Lipinski definition) is 0. The Morgan fingerprint density at radius 1 is 0.293 bits per heavy atom. The van der Waals surface area contributed by atoms with Crippen molar-refractivity contribution >= 4 is 60.5 Å². The fourth-order valence-corrected chi connectivity index (χ4v) is 8.74. The Morgan fingerprint density at radius 3 is 1.50 bits per heavy atom. The van der Waals surface area contributed by atoms with Crippen LogP contribution < -0.4 is 4.90 Å². The summed E-state index contributed by atoms with van der Waals surface area (Å²) in [5.41, 5.74) is 14.6. The van der Waals surface area contributed by atoms with Crippen LogP contribution in [0.3, 0.4) is 0 Å². The molecule has 0 saturated carbocycles. The average Bonchev–Trinajstić information content (AvgIpc) is 3.69. The molecule has 2 heteroatoms. The lowest BCUT2D eigenvalue weighted by Crippen LogP contribution is -2.10. The number of para-hydroxylation sites is 1. The minimum absolute atomic E-state index is 0.868. The summed E-state index contributed by atoms with van der Waals surface area (Å²) in [6.45, 7) is 0. The second-order valence-electron chi connectivity index (χ2n) is 14.9. The zero-order valence-corrected chi connectivity index (χ0v) is 31.7. The smallest absolute Gasteiger partial charge is 0.137 e. The van der Waals surface area contributed by atoms with Crippen molar-refractivity contribution in [2.75, 3.05) is 4.90 Å². The van der Waals surface area contributed by atoms with Crippen LogP contribution in [-0.4, -0.2) is 0 Å². The van der Waals surface area contributed by atoms with E-state index in [2.05, 4.69) is 217 Å². The van der Waals surface area contributed by atoms with Crippen molar-refractivity contribution in [1.29, 1.82) is 0 Å². The van der Waals surface area contributed by atoms with E-state index in [1.54, 1.807) is 0 Å². The van der Waals surface area contributed by atoms with Crippen LogP contribution in [0.1, 0.15) is 0 Å². The minimum Gasteiger partial charge on any atom is -0.456 e. The number of fused-ring (bicyclic) bond motifs is 5. The van der Waals surface area contributed by atoms with E-state index in [4.69, 9.17) is 4.42 Å². The second-order valence-corrected chi connectivity index (χ2v) is 14.9. The Kier molecular flexibility index (Phi) is 8.19. The summed E-state index contributed by atoms with van der Waals surface area (Å²) in [6, 6.07) is 80.6. The van der Waals surface area contributed by atoms with Crippen molar-refractivity contribution in [3.05, 3.63) is 224 Å². The molecule has 2 nitrogen and oxygen atoms in total. The van der Waals surface area contributed by atoms with Gasteiger partial charge in [0.1, 0.15) is 11.2 Å². The van der Waals surface area contributed by atoms with Crippen molar-refractivity contribution in [3.63, 3.8) is 0 Å². The Morgan fingerprint density at radius 2 is 0.810 bits per heavy atom. The van der Waals surface area contributed by atoms with E-state index in [1.165, 1.54) is 66.1 Å². The summed E-state index contributed by atoms with van der Waals surface area (Å²) in [6.07, 6.45) is 0. The predicted molar refractivity (Wildman–Crippen MR) is 245 cm³/mol. The van der Waals surface area contributed by atoms with Gasteiger partial charge < -0.3 is 9.32 Å². The highest BCUT2D eigenvalue weighted by molar-refractivity contribution is 6.13. The van der Waals surface area contributed by atoms with Crippen molar-refractivity contribution in [2.24, 2.45) is 0 Å². The maximum atomic E-state index is 6.40. The van der Waals surface area contributed by atoms with E-state index in [1.807, 2.05) is 12.1 Å². The van der Waals surface area contributed by atoms with Gasteiger partial charge in [0.25, 0.3) is 0 Å². The third-order valence-corrected chi connectivity index (χ3v) is 11.5. The molecule has 11 rings (SSSR count). The highest BCUT2D eigenvalue weighted by Gasteiger charge is 2.20. The van der Waals surface area contributed by atoms with Crippen LogP contribution in [0, 0.1) is 0 Å². The van der Waals surface area contributed by atoms with Crippen molar-refractivity contribution in [2.45, 2.75) is 0 Å². The molecule has 272 valence electrons. The molecule has 11 aromatic rings. The molecule has 0 aliphatic carbocycles. The van der Waals surface area contributed by atoms with Gasteiger partial charge in [0.15, 0.2) is 0 Å². The third kappa shape index (κ3) is 5.82. The Labute approximate surface area is 337 Å². The van der Waals surface area contributed by atoms with Crippen LogP contribution in [-0.2, 0) is 0 Å². The molecule has 0 aliphatic heterocycles. The topological polar surface area (TPSA) is 16.4 Å². The molecule has 0 spiro atoms. The molecule has 1 aromatic heterocycles. The molecule has 0 saturated heterocycles. The fraction of sp³-hybridized carbons (Fsp3) is 0. The lowest BCUT2D eigenvalue weighted by Gasteiger charge is -2.27. The SMILES string of the molecule is c1ccc(-c2cccc3cc(-c4ccc(N(c5ccc(-c6cccc7cccc(-c8ccccc8)c67)cc5)c5cccc6oc7ccccc7c56)cc4)ccc23)cc1. The zero-order chi connectivity index (χ0) is 38.4. The first-order chi connectivity index (χ1) is 28.8. The van der Waals surface area contributed by atoms with Gasteiger partial charge in [0.2, 0.25) is 0 Å². The van der Waals surface area contributed by atoms with Gasteiger partial charge in [-0.3, -0.25) is 0 Å². The first-order valence-electron chi connectivity index (χ1n) is 19.8. The van der Waals surface area contributed by atoms with Crippen LogP contribution in [0.5, 0.6) is 0 Å². The first-order valence-corrected chi connectivity index (χ1v) is 19.8. The lowest BCUT2D eigenvalue weighted by atomic mass is 9.91. The largest absolute Gasteiger partial charge is 0.456 e. The summed E-state index contributed by atoms with van der Waals surface area (Å²) in [4.78, 5) is 2.36. The molecular formula is C56H37NO. The Balaban J connectivity index is 1.02. The number of benzene rings is 10. The van der Waals surface area contributed by atoms with E-state index in [-0.39, 0.29) is 0 Å². The molecule has 58 heavy (non-hydrogen) atoms.